The second-order valence-corrected chi connectivity index (χ2v) is 4.81. The smallest absolute Gasteiger partial charge is 0.326 e. The van der Waals surface area contributed by atoms with Gasteiger partial charge in [0.25, 0.3) is 0 Å². The summed E-state index contributed by atoms with van der Waals surface area (Å²) in [5.41, 5.74) is -0.465. The third kappa shape index (κ3) is 5.40. The Morgan fingerprint density at radius 1 is 1.33 bits per heavy atom. The molecular weight excluding hydrogens is 194 g/mol. The first-order valence-electron chi connectivity index (χ1n) is 5.31. The molecule has 0 aliphatic heterocycles. The molecule has 0 aromatic rings. The molecule has 0 aromatic heterocycles. The van der Waals surface area contributed by atoms with Crippen molar-refractivity contribution in [3.8, 4) is 0 Å². The van der Waals surface area contributed by atoms with Crippen molar-refractivity contribution >= 4 is 11.9 Å². The number of amides is 1. The lowest BCUT2D eigenvalue weighted by Gasteiger charge is -2.27. The lowest BCUT2D eigenvalue weighted by molar-refractivity contribution is -0.144. The number of carboxylic acid groups (broad SMARTS) is 1. The average molecular weight is 215 g/mol. The monoisotopic (exact) mass is 215 g/mol. The van der Waals surface area contributed by atoms with Gasteiger partial charge in [-0.1, -0.05) is 34.1 Å². The van der Waals surface area contributed by atoms with Gasteiger partial charge in [0, 0.05) is 6.42 Å². The molecule has 0 saturated heterocycles. The summed E-state index contributed by atoms with van der Waals surface area (Å²) >= 11 is 0. The van der Waals surface area contributed by atoms with E-state index in [9.17, 15) is 9.59 Å². The molecule has 0 aromatic carbocycles. The molecule has 0 rings (SSSR count). The first kappa shape index (κ1) is 13.9. The number of unbranched alkanes of at least 4 members (excludes halogenated alkanes) is 1. The highest BCUT2D eigenvalue weighted by atomic mass is 16.4. The van der Waals surface area contributed by atoms with Gasteiger partial charge in [0.1, 0.15) is 6.04 Å². The predicted octanol–water partition coefficient (Wildman–Crippen LogP) is 1.79. The van der Waals surface area contributed by atoms with Crippen LogP contribution >= 0.6 is 0 Å². The normalized spacial score (nSPS) is 13.3. The highest BCUT2D eigenvalue weighted by molar-refractivity contribution is 5.84. The van der Waals surface area contributed by atoms with Crippen molar-refractivity contribution in [1.29, 1.82) is 0 Å². The molecule has 0 spiro atoms. The maximum atomic E-state index is 11.4. The third-order valence-corrected chi connectivity index (χ3v) is 2.18. The van der Waals surface area contributed by atoms with Crippen LogP contribution in [0.4, 0.5) is 0 Å². The van der Waals surface area contributed by atoms with E-state index in [1.807, 2.05) is 6.92 Å². The second-order valence-electron chi connectivity index (χ2n) is 4.81. The molecule has 15 heavy (non-hydrogen) atoms. The zero-order chi connectivity index (χ0) is 12.1. The number of rotatable bonds is 5. The summed E-state index contributed by atoms with van der Waals surface area (Å²) < 4.78 is 0. The highest BCUT2D eigenvalue weighted by Crippen LogP contribution is 2.19. The van der Waals surface area contributed by atoms with Gasteiger partial charge in [-0.05, 0) is 11.8 Å². The average Bonchev–Trinajstić information content (AvgIpc) is 2.08. The fourth-order valence-electron chi connectivity index (χ4n) is 1.22. The first-order chi connectivity index (χ1) is 6.79. The Hall–Kier alpha value is -1.06. The summed E-state index contributed by atoms with van der Waals surface area (Å²) in [6, 6.07) is -0.818. The lowest BCUT2D eigenvalue weighted by atomic mass is 9.86. The number of carboxylic acids is 1. The van der Waals surface area contributed by atoms with Crippen LogP contribution in [0.3, 0.4) is 0 Å². The molecule has 4 heteroatoms. The Kier molecular flexibility index (Phi) is 5.33. The Morgan fingerprint density at radius 2 is 1.87 bits per heavy atom. The molecule has 0 aliphatic carbocycles. The van der Waals surface area contributed by atoms with E-state index in [0.29, 0.717) is 6.42 Å². The van der Waals surface area contributed by atoms with Crippen LogP contribution in [0.5, 0.6) is 0 Å². The number of aliphatic carboxylic acids is 1. The molecule has 0 heterocycles. The zero-order valence-electron chi connectivity index (χ0n) is 9.96. The van der Waals surface area contributed by atoms with Gasteiger partial charge in [0.05, 0.1) is 0 Å². The lowest BCUT2D eigenvalue weighted by Crippen LogP contribution is -2.49. The van der Waals surface area contributed by atoms with Gasteiger partial charge in [-0.25, -0.2) is 4.79 Å². The molecule has 0 bridgehead atoms. The Morgan fingerprint density at radius 3 is 2.20 bits per heavy atom. The summed E-state index contributed by atoms with van der Waals surface area (Å²) in [6.07, 6.45) is 2.12. The van der Waals surface area contributed by atoms with Crippen molar-refractivity contribution in [3.63, 3.8) is 0 Å². The number of hydrogen-bond acceptors (Lipinski definition) is 2. The molecule has 0 saturated carbocycles. The summed E-state index contributed by atoms with van der Waals surface area (Å²) in [6.45, 7) is 7.38. The summed E-state index contributed by atoms with van der Waals surface area (Å²) in [5, 5.41) is 11.5. The van der Waals surface area contributed by atoms with Crippen LogP contribution < -0.4 is 5.32 Å². The molecule has 2 N–H and O–H groups in total. The predicted molar refractivity (Wildman–Crippen MR) is 58.5 cm³/mol. The molecular formula is C11H21NO3. The van der Waals surface area contributed by atoms with E-state index in [1.165, 1.54) is 0 Å². The minimum atomic E-state index is -0.979. The van der Waals surface area contributed by atoms with Crippen LogP contribution in [0.25, 0.3) is 0 Å². The van der Waals surface area contributed by atoms with E-state index in [-0.39, 0.29) is 5.91 Å². The van der Waals surface area contributed by atoms with Crippen LogP contribution in [0.15, 0.2) is 0 Å². The van der Waals surface area contributed by atoms with E-state index in [2.05, 4.69) is 5.32 Å². The van der Waals surface area contributed by atoms with Gasteiger partial charge >= 0.3 is 5.97 Å². The van der Waals surface area contributed by atoms with E-state index < -0.39 is 17.4 Å². The third-order valence-electron chi connectivity index (χ3n) is 2.18. The van der Waals surface area contributed by atoms with Gasteiger partial charge in [-0.15, -0.1) is 0 Å². The van der Waals surface area contributed by atoms with E-state index in [1.54, 1.807) is 20.8 Å². The van der Waals surface area contributed by atoms with Crippen LogP contribution in [0.2, 0.25) is 0 Å². The van der Waals surface area contributed by atoms with E-state index in [0.717, 1.165) is 12.8 Å². The minimum absolute atomic E-state index is 0.181. The van der Waals surface area contributed by atoms with Gasteiger partial charge in [0.2, 0.25) is 5.91 Å². The van der Waals surface area contributed by atoms with Gasteiger partial charge in [-0.3, -0.25) is 4.79 Å². The van der Waals surface area contributed by atoms with Gasteiger partial charge in [-0.2, -0.15) is 0 Å². The molecule has 0 aliphatic rings. The maximum absolute atomic E-state index is 11.4. The summed E-state index contributed by atoms with van der Waals surface area (Å²) in [5.74, 6) is -1.16. The van der Waals surface area contributed by atoms with Crippen LogP contribution in [0.1, 0.15) is 47.0 Å². The molecule has 1 amide bonds. The fourth-order valence-corrected chi connectivity index (χ4v) is 1.22. The SMILES string of the molecule is CCCCC(=O)NC(C(=O)O)C(C)(C)C. The highest BCUT2D eigenvalue weighted by Gasteiger charge is 2.32. The Bertz CT molecular complexity index is 230. The van der Waals surface area contributed by atoms with Gasteiger partial charge in [0.15, 0.2) is 0 Å². The van der Waals surface area contributed by atoms with Crippen molar-refractivity contribution in [2.45, 2.75) is 53.0 Å². The molecule has 88 valence electrons. The van der Waals surface area contributed by atoms with E-state index >= 15 is 0 Å². The number of nitrogens with one attached hydrogen (secondary N) is 1. The molecule has 1 unspecified atom stereocenters. The van der Waals surface area contributed by atoms with Crippen LogP contribution in [-0.4, -0.2) is 23.0 Å². The summed E-state index contributed by atoms with van der Waals surface area (Å²) in [4.78, 5) is 22.3. The van der Waals surface area contributed by atoms with Crippen molar-refractivity contribution in [1.82, 2.24) is 5.32 Å². The van der Waals surface area contributed by atoms with Crippen LogP contribution in [0, 0.1) is 5.41 Å². The van der Waals surface area contributed by atoms with Gasteiger partial charge < -0.3 is 10.4 Å². The molecule has 0 fully saturated rings. The number of carbonyl (C=O) groups excluding carboxylic acids is 1. The first-order valence-corrected chi connectivity index (χ1v) is 5.31. The minimum Gasteiger partial charge on any atom is -0.480 e. The number of hydrogen-bond donors (Lipinski definition) is 2. The van der Waals surface area contributed by atoms with Crippen LogP contribution in [-0.2, 0) is 9.59 Å². The summed E-state index contributed by atoms with van der Waals surface area (Å²) in [7, 11) is 0. The number of carbonyl (C=O) groups is 2. The fraction of sp³-hybridized carbons (Fsp3) is 0.818. The topological polar surface area (TPSA) is 66.4 Å². The second kappa shape index (κ2) is 5.73. The van der Waals surface area contributed by atoms with Crippen molar-refractivity contribution in [2.75, 3.05) is 0 Å². The molecule has 1 atom stereocenters. The van der Waals surface area contributed by atoms with Crippen molar-refractivity contribution in [2.24, 2.45) is 5.41 Å². The standard InChI is InChI=1S/C11H21NO3/c1-5-6-7-8(13)12-9(10(14)15)11(2,3)4/h9H,5-7H2,1-4H3,(H,12,13)(H,14,15). The Balaban J connectivity index is 4.31. The Labute approximate surface area is 91.1 Å². The molecule has 4 nitrogen and oxygen atoms in total. The maximum Gasteiger partial charge on any atom is 0.326 e. The zero-order valence-corrected chi connectivity index (χ0v) is 9.96. The molecule has 0 radical (unpaired) electrons. The van der Waals surface area contributed by atoms with Crippen molar-refractivity contribution in [3.05, 3.63) is 0 Å². The largest absolute Gasteiger partial charge is 0.480 e. The van der Waals surface area contributed by atoms with E-state index in [4.69, 9.17) is 5.11 Å². The van der Waals surface area contributed by atoms with Crippen molar-refractivity contribution < 1.29 is 14.7 Å². The quantitative estimate of drug-likeness (QED) is 0.734.